The van der Waals surface area contributed by atoms with Crippen LogP contribution in [-0.4, -0.2) is 21.9 Å². The van der Waals surface area contributed by atoms with Gasteiger partial charge in [-0.15, -0.1) is 0 Å². The van der Waals surface area contributed by atoms with Crippen molar-refractivity contribution in [2.75, 3.05) is 6.61 Å². The van der Waals surface area contributed by atoms with E-state index in [1.165, 1.54) is 0 Å². The van der Waals surface area contributed by atoms with Crippen LogP contribution in [0.3, 0.4) is 0 Å². The maximum Gasteiger partial charge on any atom is 0.365 e. The Kier molecular flexibility index (Phi) is 3.13. The first-order chi connectivity index (χ1) is 6.57. The highest BCUT2D eigenvalue weighted by Gasteiger charge is 2.28. The van der Waals surface area contributed by atoms with Gasteiger partial charge in [0.1, 0.15) is 4.88 Å². The van der Waals surface area contributed by atoms with Gasteiger partial charge in [-0.2, -0.15) is 4.37 Å². The molecule has 0 saturated carbocycles. The molecule has 1 heterocycles. The number of aromatic nitrogens is 1. The quantitative estimate of drug-likeness (QED) is 0.434. The van der Waals surface area contributed by atoms with Gasteiger partial charge in [0.25, 0.3) is 0 Å². The average Bonchev–Trinajstić information content (AvgIpc) is 2.47. The average molecular weight is 216 g/mol. The molecule has 0 aromatic carbocycles. The lowest BCUT2D eigenvalue weighted by molar-refractivity contribution is -0.385. The molecular formula is C7H8N2O4S. The molecule has 0 spiro atoms. The van der Waals surface area contributed by atoms with Crippen LogP contribution in [0.1, 0.15) is 22.3 Å². The molecule has 0 aliphatic rings. The van der Waals surface area contributed by atoms with Gasteiger partial charge in [-0.1, -0.05) is 0 Å². The molecule has 0 bridgehead atoms. The van der Waals surface area contributed by atoms with E-state index in [1.54, 1.807) is 13.8 Å². The summed E-state index contributed by atoms with van der Waals surface area (Å²) < 4.78 is 8.31. The van der Waals surface area contributed by atoms with Crippen molar-refractivity contribution in [1.29, 1.82) is 0 Å². The molecular weight excluding hydrogens is 208 g/mol. The molecule has 0 saturated heterocycles. The van der Waals surface area contributed by atoms with Gasteiger partial charge < -0.3 is 4.74 Å². The zero-order chi connectivity index (χ0) is 10.7. The first-order valence-electron chi connectivity index (χ1n) is 3.85. The number of aryl methyl sites for hydroxylation is 1. The summed E-state index contributed by atoms with van der Waals surface area (Å²) in [7, 11) is 0. The molecule has 1 aromatic heterocycles. The summed E-state index contributed by atoms with van der Waals surface area (Å²) >= 11 is 0.921. The molecule has 0 N–H and O–H groups in total. The molecule has 0 aliphatic carbocycles. The Morgan fingerprint density at radius 3 is 2.86 bits per heavy atom. The summed E-state index contributed by atoms with van der Waals surface area (Å²) in [6, 6.07) is 0. The second-order valence-electron chi connectivity index (χ2n) is 2.41. The predicted molar refractivity (Wildman–Crippen MR) is 49.5 cm³/mol. The van der Waals surface area contributed by atoms with E-state index in [1.807, 2.05) is 0 Å². The normalized spacial score (nSPS) is 9.86. The summed E-state index contributed by atoms with van der Waals surface area (Å²) in [5, 5.41) is 10.6. The van der Waals surface area contributed by atoms with E-state index in [9.17, 15) is 14.9 Å². The van der Waals surface area contributed by atoms with E-state index in [2.05, 4.69) is 9.11 Å². The van der Waals surface area contributed by atoms with Gasteiger partial charge in [0.05, 0.1) is 11.5 Å². The van der Waals surface area contributed by atoms with Crippen molar-refractivity contribution in [3.63, 3.8) is 0 Å². The maximum atomic E-state index is 11.2. The van der Waals surface area contributed by atoms with E-state index < -0.39 is 10.9 Å². The number of carbonyl (C=O) groups excluding carboxylic acids is 1. The third-order valence-corrected chi connectivity index (χ3v) is 2.22. The highest BCUT2D eigenvalue weighted by Crippen LogP contribution is 2.26. The van der Waals surface area contributed by atoms with Gasteiger partial charge >= 0.3 is 11.7 Å². The van der Waals surface area contributed by atoms with Gasteiger partial charge in [-0.3, -0.25) is 10.1 Å². The van der Waals surface area contributed by atoms with E-state index in [0.29, 0.717) is 4.88 Å². The molecule has 0 aliphatic heterocycles. The molecule has 14 heavy (non-hydrogen) atoms. The second-order valence-corrected chi connectivity index (χ2v) is 3.39. The van der Waals surface area contributed by atoms with E-state index >= 15 is 0 Å². The van der Waals surface area contributed by atoms with Crippen LogP contribution in [0.15, 0.2) is 0 Å². The minimum Gasteiger partial charge on any atom is -0.461 e. The summed E-state index contributed by atoms with van der Waals surface area (Å²) in [6.45, 7) is 3.34. The third kappa shape index (κ3) is 1.87. The topological polar surface area (TPSA) is 82.3 Å². The Labute approximate surface area is 83.8 Å². The number of carbonyl (C=O) groups is 1. The molecule has 0 unspecified atom stereocenters. The Morgan fingerprint density at radius 1 is 1.71 bits per heavy atom. The Bertz CT molecular complexity index is 374. The lowest BCUT2D eigenvalue weighted by Gasteiger charge is -1.96. The number of esters is 1. The molecule has 1 aromatic rings. The molecule has 6 nitrogen and oxygen atoms in total. The van der Waals surface area contributed by atoms with Crippen molar-refractivity contribution >= 4 is 23.2 Å². The van der Waals surface area contributed by atoms with Crippen LogP contribution in [0, 0.1) is 17.0 Å². The van der Waals surface area contributed by atoms with E-state index in [4.69, 9.17) is 0 Å². The Morgan fingerprint density at radius 2 is 2.36 bits per heavy atom. The number of nitrogens with zero attached hydrogens (tertiary/aromatic N) is 2. The summed E-state index contributed by atoms with van der Waals surface area (Å²) in [6.07, 6.45) is 0. The molecule has 0 radical (unpaired) electrons. The minimum atomic E-state index is -0.747. The molecule has 0 atom stereocenters. The van der Waals surface area contributed by atoms with E-state index in [0.717, 1.165) is 11.5 Å². The molecule has 0 fully saturated rings. The zero-order valence-corrected chi connectivity index (χ0v) is 8.46. The summed E-state index contributed by atoms with van der Waals surface area (Å²) in [5.74, 6) is -0.747. The zero-order valence-electron chi connectivity index (χ0n) is 7.64. The second kappa shape index (κ2) is 4.14. The van der Waals surface area contributed by atoms with Crippen molar-refractivity contribution in [2.45, 2.75) is 13.8 Å². The first kappa shape index (κ1) is 10.6. The van der Waals surface area contributed by atoms with Crippen molar-refractivity contribution in [1.82, 2.24) is 4.37 Å². The van der Waals surface area contributed by atoms with Crippen LogP contribution in [0.4, 0.5) is 5.69 Å². The van der Waals surface area contributed by atoms with Crippen molar-refractivity contribution in [2.24, 2.45) is 0 Å². The minimum absolute atomic E-state index is 0.173. The van der Waals surface area contributed by atoms with Crippen molar-refractivity contribution < 1.29 is 14.5 Å². The largest absolute Gasteiger partial charge is 0.461 e. The number of hydrogen-bond acceptors (Lipinski definition) is 6. The van der Waals surface area contributed by atoms with E-state index in [-0.39, 0.29) is 18.0 Å². The number of hydrogen-bond donors (Lipinski definition) is 0. The van der Waals surface area contributed by atoms with Gasteiger partial charge in [0, 0.05) is 0 Å². The third-order valence-electron chi connectivity index (χ3n) is 1.48. The molecule has 0 amide bonds. The van der Waals surface area contributed by atoms with Crippen LogP contribution in [0.25, 0.3) is 0 Å². The number of nitro groups is 1. The van der Waals surface area contributed by atoms with Crippen LogP contribution in [0.2, 0.25) is 0 Å². The maximum absolute atomic E-state index is 11.2. The van der Waals surface area contributed by atoms with Gasteiger partial charge in [0.15, 0.2) is 0 Å². The number of ether oxygens (including phenoxy) is 1. The highest BCUT2D eigenvalue weighted by molar-refractivity contribution is 7.06. The molecule has 76 valence electrons. The summed E-state index contributed by atoms with van der Waals surface area (Å²) in [4.78, 5) is 21.6. The standard InChI is InChI=1S/C7H8N2O4S/c1-3-13-7(10)5-6(9(11)12)4(2)14-8-5/h3H2,1-2H3. The Hall–Kier alpha value is -1.50. The SMILES string of the molecule is CCOC(=O)c1nsc(C)c1[N+](=O)[O-]. The summed E-state index contributed by atoms with van der Waals surface area (Å²) in [5.41, 5.74) is -0.465. The van der Waals surface area contributed by atoms with Gasteiger partial charge in [-0.25, -0.2) is 4.79 Å². The molecule has 1 rings (SSSR count). The fourth-order valence-electron chi connectivity index (χ4n) is 0.916. The smallest absolute Gasteiger partial charge is 0.365 e. The highest BCUT2D eigenvalue weighted by atomic mass is 32.1. The van der Waals surface area contributed by atoms with Crippen LogP contribution < -0.4 is 0 Å². The van der Waals surface area contributed by atoms with Gasteiger partial charge in [0.2, 0.25) is 5.69 Å². The monoisotopic (exact) mass is 216 g/mol. The lowest BCUT2D eigenvalue weighted by Crippen LogP contribution is -2.07. The number of rotatable bonds is 3. The van der Waals surface area contributed by atoms with Crippen LogP contribution >= 0.6 is 11.5 Å². The fourth-order valence-corrected chi connectivity index (χ4v) is 1.56. The molecule has 7 heteroatoms. The first-order valence-corrected chi connectivity index (χ1v) is 4.63. The predicted octanol–water partition coefficient (Wildman–Crippen LogP) is 1.54. The van der Waals surface area contributed by atoms with Crippen molar-refractivity contribution in [3.8, 4) is 0 Å². The van der Waals surface area contributed by atoms with Crippen LogP contribution in [0.5, 0.6) is 0 Å². The Balaban J connectivity index is 3.09. The van der Waals surface area contributed by atoms with Gasteiger partial charge in [-0.05, 0) is 25.4 Å². The van der Waals surface area contributed by atoms with Crippen LogP contribution in [-0.2, 0) is 4.74 Å². The van der Waals surface area contributed by atoms with Crippen molar-refractivity contribution in [3.05, 3.63) is 20.7 Å². The fraction of sp³-hybridized carbons (Fsp3) is 0.429. The lowest BCUT2D eigenvalue weighted by atomic mass is 10.3.